The number of amides is 2. The van der Waals surface area contributed by atoms with Gasteiger partial charge in [-0.3, -0.25) is 4.90 Å². The Morgan fingerprint density at radius 3 is 2.58 bits per heavy atom. The highest BCUT2D eigenvalue weighted by molar-refractivity contribution is 5.87. The largest absolute Gasteiger partial charge is 0.504 e. The summed E-state index contributed by atoms with van der Waals surface area (Å²) in [4.78, 5) is 19.2. The molecule has 1 aliphatic heterocycles. The van der Waals surface area contributed by atoms with Crippen molar-refractivity contribution in [3.8, 4) is 22.9 Å². The maximum Gasteiger partial charge on any atom is 0.322 e. The van der Waals surface area contributed by atoms with Crippen molar-refractivity contribution in [1.82, 2.24) is 20.4 Å². The summed E-state index contributed by atoms with van der Waals surface area (Å²) in [6.07, 6.45) is 0. The van der Waals surface area contributed by atoms with Crippen molar-refractivity contribution in [3.05, 3.63) is 101 Å². The van der Waals surface area contributed by atoms with Crippen LogP contribution in [0.3, 0.4) is 0 Å². The van der Waals surface area contributed by atoms with E-state index in [-0.39, 0.29) is 18.2 Å². The van der Waals surface area contributed by atoms with E-state index < -0.39 is 17.9 Å². The van der Waals surface area contributed by atoms with Gasteiger partial charge >= 0.3 is 6.03 Å². The quantitative estimate of drug-likeness (QED) is 0.384. The van der Waals surface area contributed by atoms with Crippen LogP contribution in [-0.2, 0) is 6.54 Å². The first-order chi connectivity index (χ1) is 17.5. The molecule has 8 nitrogen and oxygen atoms in total. The summed E-state index contributed by atoms with van der Waals surface area (Å²) in [7, 11) is 1.46. The van der Waals surface area contributed by atoms with Gasteiger partial charge in [-0.1, -0.05) is 59.8 Å². The van der Waals surface area contributed by atoms with Crippen LogP contribution in [0.2, 0.25) is 0 Å². The maximum atomic E-state index is 14.4. The van der Waals surface area contributed by atoms with Crippen LogP contribution in [0.15, 0.2) is 83.0 Å². The lowest BCUT2D eigenvalue weighted by Crippen LogP contribution is -2.45. The Bertz CT molecular complexity index is 1450. The van der Waals surface area contributed by atoms with E-state index in [1.165, 1.54) is 24.1 Å². The highest BCUT2D eigenvalue weighted by atomic mass is 19.1. The van der Waals surface area contributed by atoms with Gasteiger partial charge in [0.05, 0.1) is 25.3 Å². The zero-order valence-electron chi connectivity index (χ0n) is 19.6. The van der Waals surface area contributed by atoms with Crippen molar-refractivity contribution in [3.63, 3.8) is 0 Å². The molecule has 0 saturated carbocycles. The van der Waals surface area contributed by atoms with Crippen LogP contribution in [0.5, 0.6) is 11.5 Å². The van der Waals surface area contributed by atoms with Gasteiger partial charge in [-0.2, -0.15) is 4.98 Å². The normalized spacial score (nSPS) is 15.7. The molecule has 0 fully saturated rings. The number of urea groups is 1. The number of methoxy groups -OCH3 is 1. The van der Waals surface area contributed by atoms with Crippen molar-refractivity contribution in [2.24, 2.45) is 0 Å². The monoisotopic (exact) mass is 486 g/mol. The number of hydrogen-bond acceptors (Lipinski definition) is 6. The minimum atomic E-state index is -0.713. The number of aromatic nitrogens is 2. The van der Waals surface area contributed by atoms with Crippen molar-refractivity contribution < 1.29 is 23.6 Å². The molecule has 0 spiro atoms. The van der Waals surface area contributed by atoms with Crippen LogP contribution < -0.4 is 10.1 Å². The second-order valence-electron chi connectivity index (χ2n) is 8.28. The van der Waals surface area contributed by atoms with Gasteiger partial charge in [0.25, 0.3) is 5.89 Å². The lowest BCUT2D eigenvalue weighted by Gasteiger charge is -2.35. The van der Waals surface area contributed by atoms with E-state index in [9.17, 15) is 14.3 Å². The van der Waals surface area contributed by atoms with Gasteiger partial charge in [-0.25, -0.2) is 9.18 Å². The van der Waals surface area contributed by atoms with Gasteiger partial charge < -0.3 is 19.7 Å². The first kappa shape index (κ1) is 23.1. The van der Waals surface area contributed by atoms with Gasteiger partial charge in [0.1, 0.15) is 5.82 Å². The highest BCUT2D eigenvalue weighted by Crippen LogP contribution is 2.40. The lowest BCUT2D eigenvalue weighted by molar-refractivity contribution is 0.202. The van der Waals surface area contributed by atoms with Crippen LogP contribution >= 0.6 is 0 Å². The van der Waals surface area contributed by atoms with Crippen molar-refractivity contribution in [2.45, 2.75) is 19.5 Å². The summed E-state index contributed by atoms with van der Waals surface area (Å²) in [5.74, 6) is 0.398. The van der Waals surface area contributed by atoms with Crippen molar-refractivity contribution in [2.75, 3.05) is 7.11 Å². The van der Waals surface area contributed by atoms with Crippen molar-refractivity contribution in [1.29, 1.82) is 0 Å². The Labute approximate surface area is 206 Å². The number of nitrogens with one attached hydrogen (secondary N) is 1. The Hall–Kier alpha value is -4.66. The Morgan fingerprint density at radius 2 is 1.86 bits per heavy atom. The summed E-state index contributed by atoms with van der Waals surface area (Å²) >= 11 is 0. The molecule has 1 aromatic heterocycles. The minimum absolute atomic E-state index is 0.00804. The predicted octanol–water partition coefficient (Wildman–Crippen LogP) is 5.29. The van der Waals surface area contributed by atoms with E-state index in [0.29, 0.717) is 34.0 Å². The summed E-state index contributed by atoms with van der Waals surface area (Å²) in [5, 5.41) is 17.5. The zero-order chi connectivity index (χ0) is 25.2. The Kier molecular flexibility index (Phi) is 6.12. The van der Waals surface area contributed by atoms with Crippen molar-refractivity contribution >= 4 is 11.6 Å². The van der Waals surface area contributed by atoms with Gasteiger partial charge in [0, 0.05) is 16.8 Å². The molecule has 2 amide bonds. The standard InChI is InChI=1S/C27H23FN4O4/c1-16-23(26-30-25(31-36-26)17-8-4-3-5-9-17)24(18-12-13-22(35-2)21(33)14-18)29-27(34)32(16)15-19-10-6-7-11-20(19)28/h3-14,24,33H,15H2,1-2H3,(H,29,34). The van der Waals surface area contributed by atoms with Gasteiger partial charge in [0.15, 0.2) is 11.5 Å². The molecular weight excluding hydrogens is 463 g/mol. The fourth-order valence-corrected chi connectivity index (χ4v) is 4.22. The first-order valence-electron chi connectivity index (χ1n) is 11.2. The molecule has 0 bridgehead atoms. The van der Waals surface area contributed by atoms with Gasteiger partial charge in [0.2, 0.25) is 5.82 Å². The Morgan fingerprint density at radius 1 is 1.11 bits per heavy atom. The number of hydrogen-bond donors (Lipinski definition) is 2. The average molecular weight is 487 g/mol. The third-order valence-corrected chi connectivity index (χ3v) is 6.11. The number of aromatic hydroxyl groups is 1. The molecule has 182 valence electrons. The van der Waals surface area contributed by atoms with Gasteiger partial charge in [-0.05, 0) is 30.7 Å². The number of phenolic OH excluding ortho intramolecular Hbond substituents is 1. The molecule has 0 saturated heterocycles. The van der Waals surface area contributed by atoms with Crippen LogP contribution in [0, 0.1) is 5.82 Å². The predicted molar refractivity (Wildman–Crippen MR) is 130 cm³/mol. The summed E-state index contributed by atoms with van der Waals surface area (Å²) in [6.45, 7) is 1.76. The van der Waals surface area contributed by atoms with Crippen LogP contribution in [0.4, 0.5) is 9.18 Å². The number of ether oxygens (including phenoxy) is 1. The SMILES string of the molecule is COc1ccc(C2NC(=O)N(Cc3ccccc3F)C(C)=C2c2nc(-c3ccccc3)no2)cc1O. The molecule has 0 radical (unpaired) electrons. The summed E-state index contributed by atoms with van der Waals surface area (Å²) in [5.41, 5.74) is 2.77. The maximum absolute atomic E-state index is 14.4. The molecule has 1 aliphatic rings. The minimum Gasteiger partial charge on any atom is -0.504 e. The van der Waals surface area contributed by atoms with Crippen LogP contribution in [-0.4, -0.2) is 33.3 Å². The smallest absolute Gasteiger partial charge is 0.322 e. The third kappa shape index (κ3) is 4.26. The summed E-state index contributed by atoms with van der Waals surface area (Å²) in [6, 6.07) is 19.4. The number of rotatable bonds is 6. The number of halogens is 1. The number of carbonyl (C=O) groups is 1. The fourth-order valence-electron chi connectivity index (χ4n) is 4.22. The molecule has 1 atom stereocenters. The van der Waals surface area contributed by atoms with E-state index in [2.05, 4.69) is 15.5 Å². The Balaban J connectivity index is 1.62. The highest BCUT2D eigenvalue weighted by Gasteiger charge is 2.36. The number of allylic oxidation sites excluding steroid dienone is 1. The summed E-state index contributed by atoms with van der Waals surface area (Å²) < 4.78 is 25.2. The average Bonchev–Trinajstić information content (AvgIpc) is 3.37. The molecule has 4 aromatic rings. The molecule has 0 aliphatic carbocycles. The molecule has 3 aromatic carbocycles. The van der Waals surface area contributed by atoms with Crippen LogP contribution in [0.1, 0.15) is 30.0 Å². The molecule has 2 N–H and O–H groups in total. The molecule has 36 heavy (non-hydrogen) atoms. The second kappa shape index (κ2) is 9.53. The van der Waals surface area contributed by atoms with E-state index in [4.69, 9.17) is 9.26 Å². The van der Waals surface area contributed by atoms with E-state index in [1.807, 2.05) is 30.3 Å². The molecule has 2 heterocycles. The van der Waals surface area contributed by atoms with Crippen LogP contribution in [0.25, 0.3) is 17.0 Å². The number of nitrogens with zero attached hydrogens (tertiary/aromatic N) is 3. The number of benzene rings is 3. The lowest BCUT2D eigenvalue weighted by atomic mass is 9.94. The topological polar surface area (TPSA) is 101 Å². The number of phenols is 1. The second-order valence-corrected chi connectivity index (χ2v) is 8.28. The van der Waals surface area contributed by atoms with E-state index >= 15 is 0 Å². The van der Waals surface area contributed by atoms with Gasteiger partial charge in [-0.15, -0.1) is 0 Å². The molecular formula is C27H23FN4O4. The van der Waals surface area contributed by atoms with E-state index in [1.54, 1.807) is 37.3 Å². The number of carbonyl (C=O) groups excluding carboxylic acids is 1. The zero-order valence-corrected chi connectivity index (χ0v) is 19.6. The van der Waals surface area contributed by atoms with E-state index in [0.717, 1.165) is 5.56 Å². The fraction of sp³-hybridized carbons (Fsp3) is 0.148. The molecule has 1 unspecified atom stereocenters. The molecule has 9 heteroatoms. The molecule has 5 rings (SSSR count). The first-order valence-corrected chi connectivity index (χ1v) is 11.2. The third-order valence-electron chi connectivity index (χ3n) is 6.11.